The van der Waals surface area contributed by atoms with Crippen molar-refractivity contribution in [1.82, 2.24) is 0 Å². The Morgan fingerprint density at radius 3 is 2.68 bits per heavy atom. The van der Waals surface area contributed by atoms with Gasteiger partial charge >= 0.3 is 5.97 Å². The number of aromatic carboxylic acids is 1. The van der Waals surface area contributed by atoms with E-state index in [2.05, 4.69) is 29.8 Å². The van der Waals surface area contributed by atoms with Crippen LogP contribution in [0.5, 0.6) is 0 Å². The number of thiophene rings is 1. The number of aryl methyl sites for hydroxylation is 1. The van der Waals surface area contributed by atoms with Crippen molar-refractivity contribution >= 4 is 34.9 Å². The molecular formula is C22H18N2O2S2. The van der Waals surface area contributed by atoms with E-state index in [9.17, 15) is 15.2 Å². The van der Waals surface area contributed by atoms with E-state index < -0.39 is 5.97 Å². The van der Waals surface area contributed by atoms with Gasteiger partial charge in [0, 0.05) is 20.2 Å². The van der Waals surface area contributed by atoms with E-state index in [1.54, 1.807) is 23.5 Å². The summed E-state index contributed by atoms with van der Waals surface area (Å²) in [5.74, 6) is -0.414. The van der Waals surface area contributed by atoms with E-state index in [1.807, 2.05) is 24.3 Å². The fourth-order valence-corrected chi connectivity index (χ4v) is 4.92. The summed E-state index contributed by atoms with van der Waals surface area (Å²) < 4.78 is 3.38. The Morgan fingerprint density at radius 2 is 2.04 bits per heavy atom. The molecule has 1 heterocycles. The lowest BCUT2D eigenvalue weighted by atomic mass is 10.1. The second-order valence-electron chi connectivity index (χ2n) is 6.82. The van der Waals surface area contributed by atoms with Crippen LogP contribution in [0.1, 0.15) is 45.1 Å². The second kappa shape index (κ2) is 7.70. The number of hydrogen-bond donors (Lipinski definition) is 2. The van der Waals surface area contributed by atoms with Crippen LogP contribution in [0.4, 0.5) is 5.69 Å². The van der Waals surface area contributed by atoms with Crippen molar-refractivity contribution in [3.05, 3.63) is 70.1 Å². The molecule has 0 unspecified atom stereocenters. The van der Waals surface area contributed by atoms with Gasteiger partial charge < -0.3 is 9.83 Å². The smallest absolute Gasteiger partial charge is 0.335 e. The Labute approximate surface area is 172 Å². The number of carbonyl (C=O) groups is 1. The average Bonchev–Trinajstić information content (AvgIpc) is 3.46. The molecule has 1 fully saturated rings. The van der Waals surface area contributed by atoms with Gasteiger partial charge in [-0.3, -0.25) is 0 Å². The number of rotatable bonds is 6. The van der Waals surface area contributed by atoms with E-state index in [1.165, 1.54) is 22.4 Å². The van der Waals surface area contributed by atoms with Crippen LogP contribution in [-0.4, -0.2) is 11.1 Å². The van der Waals surface area contributed by atoms with Crippen LogP contribution in [0, 0.1) is 18.3 Å². The number of nitrogens with zero attached hydrogens (tertiary/aromatic N) is 1. The van der Waals surface area contributed by atoms with E-state index in [4.69, 9.17) is 0 Å². The first-order valence-corrected chi connectivity index (χ1v) is 10.6. The predicted octanol–water partition coefficient (Wildman–Crippen LogP) is 6.29. The van der Waals surface area contributed by atoms with E-state index in [0.29, 0.717) is 11.5 Å². The molecule has 1 aromatic heterocycles. The van der Waals surface area contributed by atoms with Gasteiger partial charge in [-0.15, -0.1) is 11.3 Å². The highest BCUT2D eigenvalue weighted by molar-refractivity contribution is 8.00. The summed E-state index contributed by atoms with van der Waals surface area (Å²) >= 11 is 3.12. The van der Waals surface area contributed by atoms with Gasteiger partial charge in [-0.1, -0.05) is 12.1 Å². The van der Waals surface area contributed by atoms with E-state index in [0.717, 1.165) is 33.9 Å². The summed E-state index contributed by atoms with van der Waals surface area (Å²) in [5.41, 5.74) is 3.95. The Balaban J connectivity index is 1.67. The summed E-state index contributed by atoms with van der Waals surface area (Å²) in [6.07, 6.45) is 2.28. The van der Waals surface area contributed by atoms with Crippen LogP contribution in [-0.2, 0) is 0 Å². The van der Waals surface area contributed by atoms with Gasteiger partial charge in [-0.25, -0.2) is 4.79 Å². The van der Waals surface area contributed by atoms with Gasteiger partial charge in [0.05, 0.1) is 22.9 Å². The molecular weight excluding hydrogens is 388 g/mol. The lowest BCUT2D eigenvalue weighted by molar-refractivity contribution is 0.0696. The molecule has 0 radical (unpaired) electrons. The molecule has 140 valence electrons. The van der Waals surface area contributed by atoms with Crippen LogP contribution in [0.3, 0.4) is 0 Å². The van der Waals surface area contributed by atoms with Gasteiger partial charge in [-0.05, 0) is 79.6 Å². The monoisotopic (exact) mass is 406 g/mol. The molecule has 3 aromatic rings. The molecule has 28 heavy (non-hydrogen) atoms. The molecule has 4 nitrogen and oxygen atoms in total. The van der Waals surface area contributed by atoms with Crippen LogP contribution < -0.4 is 4.72 Å². The van der Waals surface area contributed by atoms with E-state index >= 15 is 0 Å². The van der Waals surface area contributed by atoms with Crippen molar-refractivity contribution in [1.29, 1.82) is 5.26 Å². The molecule has 0 bridgehead atoms. The van der Waals surface area contributed by atoms with Gasteiger partial charge in [0.25, 0.3) is 0 Å². The maximum absolute atomic E-state index is 11.4. The standard InChI is InChI=1S/C22H18N2O2S2/c1-13-2-9-20(27-13)18-7-3-14(12-23)10-19(18)24-28-21-11-16(22(25)26)6-8-17(21)15-4-5-15/h2-3,6-11,15,24H,4-5H2,1H3,(H,25,26). The third-order valence-electron chi connectivity index (χ3n) is 4.70. The minimum atomic E-state index is -0.926. The number of nitriles is 1. The summed E-state index contributed by atoms with van der Waals surface area (Å²) in [6, 6.07) is 17.3. The van der Waals surface area contributed by atoms with Gasteiger partial charge in [-0.2, -0.15) is 5.26 Å². The zero-order chi connectivity index (χ0) is 19.7. The molecule has 6 heteroatoms. The highest BCUT2D eigenvalue weighted by atomic mass is 32.2. The average molecular weight is 407 g/mol. The topological polar surface area (TPSA) is 73.1 Å². The molecule has 0 amide bonds. The zero-order valence-corrected chi connectivity index (χ0v) is 16.9. The highest BCUT2D eigenvalue weighted by Crippen LogP contribution is 2.45. The van der Waals surface area contributed by atoms with Crippen LogP contribution in [0.15, 0.2) is 53.4 Å². The molecule has 0 atom stereocenters. The van der Waals surface area contributed by atoms with Crippen molar-refractivity contribution in [2.24, 2.45) is 0 Å². The highest BCUT2D eigenvalue weighted by Gasteiger charge is 2.27. The summed E-state index contributed by atoms with van der Waals surface area (Å²) in [5, 5.41) is 18.6. The summed E-state index contributed by atoms with van der Waals surface area (Å²) in [6.45, 7) is 2.07. The number of benzene rings is 2. The van der Waals surface area contributed by atoms with Gasteiger partial charge in [0.15, 0.2) is 0 Å². The number of nitrogens with one attached hydrogen (secondary N) is 1. The minimum absolute atomic E-state index is 0.286. The van der Waals surface area contributed by atoms with Crippen LogP contribution in [0.2, 0.25) is 0 Å². The van der Waals surface area contributed by atoms with Gasteiger partial charge in [0.2, 0.25) is 0 Å². The van der Waals surface area contributed by atoms with Gasteiger partial charge in [0.1, 0.15) is 0 Å². The van der Waals surface area contributed by atoms with Crippen molar-refractivity contribution in [2.45, 2.75) is 30.6 Å². The molecule has 1 saturated carbocycles. The molecule has 0 spiro atoms. The molecule has 1 aliphatic carbocycles. The molecule has 2 aromatic carbocycles. The van der Waals surface area contributed by atoms with Crippen molar-refractivity contribution in [3.8, 4) is 16.5 Å². The Morgan fingerprint density at radius 1 is 1.21 bits per heavy atom. The van der Waals surface area contributed by atoms with Crippen LogP contribution in [0.25, 0.3) is 10.4 Å². The molecule has 0 saturated heterocycles. The number of carboxylic acid groups (broad SMARTS) is 1. The molecule has 0 aliphatic heterocycles. The molecule has 2 N–H and O–H groups in total. The lowest BCUT2D eigenvalue weighted by Crippen LogP contribution is -1.99. The minimum Gasteiger partial charge on any atom is -0.478 e. The number of carboxylic acids is 1. The molecule has 4 rings (SSSR count). The second-order valence-corrected chi connectivity index (χ2v) is 8.95. The maximum atomic E-state index is 11.4. The molecule has 1 aliphatic rings. The number of anilines is 1. The normalized spacial score (nSPS) is 13.1. The Hall–Kier alpha value is -2.75. The summed E-state index contributed by atoms with van der Waals surface area (Å²) in [7, 11) is 0. The first kappa shape index (κ1) is 18.6. The summed E-state index contributed by atoms with van der Waals surface area (Å²) in [4.78, 5) is 14.7. The largest absolute Gasteiger partial charge is 0.478 e. The third-order valence-corrected chi connectivity index (χ3v) is 6.63. The Kier molecular flexibility index (Phi) is 5.12. The third kappa shape index (κ3) is 3.91. The maximum Gasteiger partial charge on any atom is 0.335 e. The fourth-order valence-electron chi connectivity index (χ4n) is 3.09. The fraction of sp³-hybridized carbons (Fsp3) is 0.182. The van der Waals surface area contributed by atoms with Crippen molar-refractivity contribution in [3.63, 3.8) is 0 Å². The first-order valence-electron chi connectivity index (χ1n) is 8.96. The van der Waals surface area contributed by atoms with E-state index in [-0.39, 0.29) is 5.56 Å². The van der Waals surface area contributed by atoms with Crippen molar-refractivity contribution in [2.75, 3.05) is 4.72 Å². The first-order chi connectivity index (χ1) is 13.5. The zero-order valence-electron chi connectivity index (χ0n) is 15.2. The predicted molar refractivity (Wildman–Crippen MR) is 114 cm³/mol. The van der Waals surface area contributed by atoms with Crippen molar-refractivity contribution < 1.29 is 9.90 Å². The quantitative estimate of drug-likeness (QED) is 0.471. The van der Waals surface area contributed by atoms with Crippen LogP contribution >= 0.6 is 23.3 Å². The Bertz CT molecular complexity index is 1090. The lowest BCUT2D eigenvalue weighted by Gasteiger charge is -2.14. The SMILES string of the molecule is Cc1ccc(-c2ccc(C#N)cc2NSc2cc(C(=O)O)ccc2C2CC2)s1. The number of hydrogen-bond acceptors (Lipinski definition) is 5.